The zero-order chi connectivity index (χ0) is 23.9. The molecule has 2 aromatic carbocycles. The molecule has 0 aliphatic carbocycles. The van der Waals surface area contributed by atoms with Gasteiger partial charge >= 0.3 is 0 Å². The molecule has 0 saturated carbocycles. The third-order valence-electron chi connectivity index (χ3n) is 5.64. The van der Waals surface area contributed by atoms with Crippen LogP contribution in [0.15, 0.2) is 66.0 Å². The molecule has 176 valence electrons. The molecule has 0 radical (unpaired) electrons. The maximum absolute atomic E-state index is 13.1. The maximum atomic E-state index is 13.1. The predicted molar refractivity (Wildman–Crippen MR) is 127 cm³/mol. The normalized spacial score (nSPS) is 13.6. The van der Waals surface area contributed by atoms with Crippen LogP contribution in [0.4, 0.5) is 10.1 Å². The number of hydrogen-bond acceptors (Lipinski definition) is 6. The third kappa shape index (κ3) is 5.67. The van der Waals surface area contributed by atoms with Crippen LogP contribution in [0.3, 0.4) is 0 Å². The summed E-state index contributed by atoms with van der Waals surface area (Å²) in [5.41, 5.74) is 1.47. The Balaban J connectivity index is 1.31. The number of carbonyl (C=O) groups is 1. The fourth-order valence-corrected chi connectivity index (χ4v) is 3.79. The van der Waals surface area contributed by atoms with Gasteiger partial charge in [0, 0.05) is 50.3 Å². The summed E-state index contributed by atoms with van der Waals surface area (Å²) in [6.45, 7) is 6.47. The Morgan fingerprint density at radius 2 is 1.88 bits per heavy atom. The van der Waals surface area contributed by atoms with E-state index in [9.17, 15) is 14.0 Å². The molecular formula is C25H26FN5O3. The van der Waals surface area contributed by atoms with Crippen molar-refractivity contribution in [3.8, 4) is 17.1 Å². The highest BCUT2D eigenvalue weighted by molar-refractivity contribution is 5.76. The van der Waals surface area contributed by atoms with Gasteiger partial charge in [0.1, 0.15) is 23.9 Å². The summed E-state index contributed by atoms with van der Waals surface area (Å²) in [7, 11) is 0. The molecule has 3 aromatic rings. The number of ether oxygens (including phenoxy) is 1. The van der Waals surface area contributed by atoms with Crippen LogP contribution < -0.4 is 15.2 Å². The van der Waals surface area contributed by atoms with Gasteiger partial charge in [0.25, 0.3) is 5.56 Å². The number of aryl methyl sites for hydroxylation is 1. The molecule has 1 aliphatic heterocycles. The lowest BCUT2D eigenvalue weighted by Crippen LogP contribution is -2.48. The number of piperazine rings is 1. The minimum atomic E-state index is -0.364. The number of H-pyrrole nitrogens is 1. The topological polar surface area (TPSA) is 91.4 Å². The van der Waals surface area contributed by atoms with Crippen molar-refractivity contribution in [2.75, 3.05) is 37.7 Å². The van der Waals surface area contributed by atoms with E-state index in [-0.39, 0.29) is 35.8 Å². The van der Waals surface area contributed by atoms with Crippen LogP contribution in [-0.4, -0.2) is 58.8 Å². The first-order valence-corrected chi connectivity index (χ1v) is 11.1. The quantitative estimate of drug-likeness (QED) is 0.517. The van der Waals surface area contributed by atoms with Crippen LogP contribution in [0.1, 0.15) is 12.1 Å². The average molecular weight is 464 g/mol. The number of amides is 1. The lowest BCUT2D eigenvalue weighted by Gasteiger charge is -2.36. The molecule has 0 spiro atoms. The Labute approximate surface area is 196 Å². The van der Waals surface area contributed by atoms with E-state index in [4.69, 9.17) is 4.74 Å². The Kier molecular flexibility index (Phi) is 7.31. The predicted octanol–water partition coefficient (Wildman–Crippen LogP) is 2.82. The molecule has 1 aromatic heterocycles. The van der Waals surface area contributed by atoms with Gasteiger partial charge in [0.15, 0.2) is 5.82 Å². The number of nitrogens with one attached hydrogen (secondary N) is 1. The van der Waals surface area contributed by atoms with Crippen molar-refractivity contribution < 1.29 is 13.9 Å². The fourth-order valence-electron chi connectivity index (χ4n) is 3.79. The van der Waals surface area contributed by atoms with Gasteiger partial charge in [0.2, 0.25) is 5.91 Å². The van der Waals surface area contributed by atoms with Crippen molar-refractivity contribution in [1.82, 2.24) is 20.1 Å². The second-order valence-corrected chi connectivity index (χ2v) is 7.92. The molecule has 34 heavy (non-hydrogen) atoms. The standard InChI is InChI=1S/C25H26FN5O3/c1-2-16-34-21-5-3-4-18(17-21)24-27-25(33)22(28-29-24)10-11-23(32)31-14-12-30(13-15-31)20-8-6-19(26)7-9-20/h2-9,17H,1,10-16H2,(H,27,29,33). The Hall–Kier alpha value is -4.01. The van der Waals surface area contributed by atoms with Gasteiger partial charge in [0.05, 0.1) is 0 Å². The molecule has 1 saturated heterocycles. The van der Waals surface area contributed by atoms with Crippen molar-refractivity contribution in [2.24, 2.45) is 0 Å². The third-order valence-corrected chi connectivity index (χ3v) is 5.64. The summed E-state index contributed by atoms with van der Waals surface area (Å²) in [5.74, 6) is 0.668. The van der Waals surface area contributed by atoms with Gasteiger partial charge in [-0.3, -0.25) is 9.59 Å². The van der Waals surface area contributed by atoms with Crippen molar-refractivity contribution in [3.63, 3.8) is 0 Å². The average Bonchev–Trinajstić information content (AvgIpc) is 2.87. The number of hydrogen-bond donors (Lipinski definition) is 1. The van der Waals surface area contributed by atoms with E-state index in [0.717, 1.165) is 5.69 Å². The first kappa shape index (κ1) is 23.2. The van der Waals surface area contributed by atoms with Gasteiger partial charge in [-0.05, 0) is 36.4 Å². The summed E-state index contributed by atoms with van der Waals surface area (Å²) >= 11 is 0. The van der Waals surface area contributed by atoms with Crippen molar-refractivity contribution >= 4 is 11.6 Å². The highest BCUT2D eigenvalue weighted by atomic mass is 19.1. The molecule has 2 heterocycles. The summed E-state index contributed by atoms with van der Waals surface area (Å²) in [5, 5.41) is 8.19. The molecule has 0 bridgehead atoms. The molecule has 0 unspecified atom stereocenters. The van der Waals surface area contributed by atoms with E-state index < -0.39 is 0 Å². The van der Waals surface area contributed by atoms with E-state index in [1.807, 2.05) is 0 Å². The van der Waals surface area contributed by atoms with Crippen LogP contribution in [0, 0.1) is 5.82 Å². The van der Waals surface area contributed by atoms with Gasteiger partial charge in [-0.25, -0.2) is 4.39 Å². The minimum absolute atomic E-state index is 0.0314. The van der Waals surface area contributed by atoms with Crippen LogP contribution in [0.25, 0.3) is 11.4 Å². The van der Waals surface area contributed by atoms with Gasteiger partial charge in [-0.2, -0.15) is 0 Å². The Morgan fingerprint density at radius 3 is 2.59 bits per heavy atom. The largest absolute Gasteiger partial charge is 0.490 e. The van der Waals surface area contributed by atoms with Crippen LogP contribution in [-0.2, 0) is 11.2 Å². The molecule has 8 nitrogen and oxygen atoms in total. The van der Waals surface area contributed by atoms with Gasteiger partial charge < -0.3 is 19.5 Å². The SMILES string of the molecule is C=CCOc1cccc(-c2nnc(CCC(=O)N3CCN(c4ccc(F)cc4)CC3)c(=O)[nH]2)c1. The van der Waals surface area contributed by atoms with Gasteiger partial charge in [-0.15, -0.1) is 10.2 Å². The summed E-state index contributed by atoms with van der Waals surface area (Å²) < 4.78 is 18.6. The number of nitrogens with zero attached hydrogens (tertiary/aromatic N) is 4. The molecule has 0 atom stereocenters. The molecule has 1 amide bonds. The highest BCUT2D eigenvalue weighted by Crippen LogP contribution is 2.20. The van der Waals surface area contributed by atoms with Crippen LogP contribution >= 0.6 is 0 Å². The number of aromatic amines is 1. The molecule has 4 rings (SSSR count). The number of benzene rings is 2. The second-order valence-electron chi connectivity index (χ2n) is 7.92. The van der Waals surface area contributed by atoms with E-state index in [2.05, 4.69) is 26.7 Å². The number of carbonyl (C=O) groups excluding carboxylic acids is 1. The van der Waals surface area contributed by atoms with E-state index in [1.54, 1.807) is 47.4 Å². The van der Waals surface area contributed by atoms with Crippen LogP contribution in [0.5, 0.6) is 5.75 Å². The molecule has 1 fully saturated rings. The number of halogens is 1. The first-order valence-electron chi connectivity index (χ1n) is 11.1. The lowest BCUT2D eigenvalue weighted by molar-refractivity contribution is -0.131. The zero-order valence-electron chi connectivity index (χ0n) is 18.7. The van der Waals surface area contributed by atoms with E-state index >= 15 is 0 Å². The number of anilines is 1. The zero-order valence-corrected chi connectivity index (χ0v) is 18.7. The van der Waals surface area contributed by atoms with Gasteiger partial charge in [-0.1, -0.05) is 24.8 Å². The first-order chi connectivity index (χ1) is 16.5. The number of aromatic nitrogens is 3. The summed E-state index contributed by atoms with van der Waals surface area (Å²) in [6, 6.07) is 13.5. The summed E-state index contributed by atoms with van der Waals surface area (Å²) in [6.07, 6.45) is 2.04. The van der Waals surface area contributed by atoms with E-state index in [1.165, 1.54) is 12.1 Å². The molecular weight excluding hydrogens is 437 g/mol. The smallest absolute Gasteiger partial charge is 0.273 e. The summed E-state index contributed by atoms with van der Waals surface area (Å²) in [4.78, 5) is 31.8. The van der Waals surface area contributed by atoms with Crippen molar-refractivity contribution in [2.45, 2.75) is 12.8 Å². The van der Waals surface area contributed by atoms with Crippen LogP contribution in [0.2, 0.25) is 0 Å². The monoisotopic (exact) mass is 463 g/mol. The molecule has 1 aliphatic rings. The lowest BCUT2D eigenvalue weighted by atomic mass is 10.2. The highest BCUT2D eigenvalue weighted by Gasteiger charge is 2.21. The second kappa shape index (κ2) is 10.7. The minimum Gasteiger partial charge on any atom is -0.490 e. The van der Waals surface area contributed by atoms with E-state index in [0.29, 0.717) is 49.9 Å². The Morgan fingerprint density at radius 1 is 1.12 bits per heavy atom. The fraction of sp³-hybridized carbons (Fsp3) is 0.280. The van der Waals surface area contributed by atoms with Crippen molar-refractivity contribution in [3.05, 3.63) is 83.1 Å². The number of rotatable bonds is 8. The Bertz CT molecular complexity index is 1200. The molecule has 9 heteroatoms. The maximum Gasteiger partial charge on any atom is 0.273 e. The van der Waals surface area contributed by atoms with Crippen molar-refractivity contribution in [1.29, 1.82) is 0 Å². The molecule has 1 N–H and O–H groups in total.